The fourth-order valence-corrected chi connectivity index (χ4v) is 2.15. The Kier molecular flexibility index (Phi) is 3.53. The lowest BCUT2D eigenvalue weighted by Gasteiger charge is -2.33. The van der Waals surface area contributed by atoms with E-state index in [1.807, 2.05) is 24.3 Å². The third-order valence-electron chi connectivity index (χ3n) is 3.33. The van der Waals surface area contributed by atoms with Crippen molar-refractivity contribution in [1.82, 2.24) is 5.32 Å². The summed E-state index contributed by atoms with van der Waals surface area (Å²) in [6.07, 6.45) is 3.31. The summed E-state index contributed by atoms with van der Waals surface area (Å²) in [6, 6.07) is 8.33. The predicted molar refractivity (Wildman–Crippen MR) is 66.7 cm³/mol. The Bertz CT molecular complexity index is 341. The third kappa shape index (κ3) is 2.40. The maximum absolute atomic E-state index is 9.68. The molecule has 1 aromatic carbocycles. The quantitative estimate of drug-likeness (QED) is 0.828. The average molecular weight is 240 g/mol. The summed E-state index contributed by atoms with van der Waals surface area (Å²) in [5.41, 5.74) is 0.819. The van der Waals surface area contributed by atoms with E-state index in [2.05, 4.69) is 12.2 Å². The molecule has 0 bridgehead atoms. The van der Waals surface area contributed by atoms with Crippen LogP contribution in [0.3, 0.4) is 0 Å². The molecule has 3 heteroatoms. The number of aliphatic hydroxyl groups excluding tert-OH is 1. The van der Waals surface area contributed by atoms with E-state index >= 15 is 0 Å². The molecule has 2 nitrogen and oxygen atoms in total. The Morgan fingerprint density at radius 2 is 2.00 bits per heavy atom. The molecular formula is C13H18ClNO. The molecule has 88 valence electrons. The van der Waals surface area contributed by atoms with Crippen molar-refractivity contribution in [3.63, 3.8) is 0 Å². The zero-order chi connectivity index (χ0) is 11.6. The van der Waals surface area contributed by atoms with Gasteiger partial charge in [-0.25, -0.2) is 0 Å². The molecule has 16 heavy (non-hydrogen) atoms. The van der Waals surface area contributed by atoms with Gasteiger partial charge in [-0.1, -0.05) is 30.7 Å². The first-order chi connectivity index (χ1) is 7.70. The lowest BCUT2D eigenvalue weighted by atomic mass is 9.88. The first kappa shape index (κ1) is 11.9. The van der Waals surface area contributed by atoms with Crippen LogP contribution in [0.15, 0.2) is 24.3 Å². The molecule has 2 rings (SSSR count). The molecule has 0 spiro atoms. The summed E-state index contributed by atoms with van der Waals surface area (Å²) in [6.45, 7) is 2.22. The number of benzene rings is 1. The first-order valence-electron chi connectivity index (χ1n) is 5.85. The van der Waals surface area contributed by atoms with E-state index in [4.69, 9.17) is 11.6 Å². The summed E-state index contributed by atoms with van der Waals surface area (Å²) < 4.78 is 0. The van der Waals surface area contributed by atoms with E-state index in [-0.39, 0.29) is 12.1 Å². The molecule has 1 unspecified atom stereocenters. The zero-order valence-corrected chi connectivity index (χ0v) is 10.3. The Morgan fingerprint density at radius 3 is 2.44 bits per heavy atom. The van der Waals surface area contributed by atoms with E-state index < -0.39 is 0 Å². The first-order valence-corrected chi connectivity index (χ1v) is 6.22. The molecule has 1 fully saturated rings. The molecule has 0 saturated heterocycles. The molecule has 0 heterocycles. The van der Waals surface area contributed by atoms with Gasteiger partial charge in [0.05, 0.1) is 12.1 Å². The zero-order valence-electron chi connectivity index (χ0n) is 9.54. The maximum Gasteiger partial charge on any atom is 0.0668 e. The second kappa shape index (κ2) is 4.74. The van der Waals surface area contributed by atoms with Crippen LogP contribution in [0.25, 0.3) is 0 Å². The summed E-state index contributed by atoms with van der Waals surface area (Å²) in [7, 11) is 0. The second-order valence-corrected chi connectivity index (χ2v) is 4.96. The monoisotopic (exact) mass is 239 g/mol. The van der Waals surface area contributed by atoms with Crippen LogP contribution in [0.1, 0.15) is 31.7 Å². The van der Waals surface area contributed by atoms with Crippen LogP contribution in [0, 0.1) is 0 Å². The van der Waals surface area contributed by atoms with Crippen molar-refractivity contribution in [2.45, 2.75) is 37.8 Å². The Hall–Kier alpha value is -0.570. The molecular weight excluding hydrogens is 222 g/mol. The molecule has 0 aromatic heterocycles. The lowest BCUT2D eigenvalue weighted by Crippen LogP contribution is -2.46. The highest BCUT2D eigenvalue weighted by Gasteiger charge is 2.35. The fraction of sp³-hybridized carbons (Fsp3) is 0.538. The van der Waals surface area contributed by atoms with Gasteiger partial charge < -0.3 is 10.4 Å². The van der Waals surface area contributed by atoms with Crippen molar-refractivity contribution in [2.24, 2.45) is 0 Å². The number of aliphatic hydroxyl groups is 1. The van der Waals surface area contributed by atoms with Gasteiger partial charge in [0.25, 0.3) is 0 Å². The fourth-order valence-electron chi connectivity index (χ4n) is 2.03. The standard InChI is InChI=1S/C13H18ClNO/c1-2-13(9-16,15-12-7-8-12)10-3-5-11(14)6-4-10/h3-6,12,15-16H,2,7-9H2,1H3. The van der Waals surface area contributed by atoms with E-state index in [9.17, 15) is 5.11 Å². The normalized spacial score (nSPS) is 19.4. The molecule has 1 aliphatic carbocycles. The predicted octanol–water partition coefficient (Wildman–Crippen LogP) is 2.69. The van der Waals surface area contributed by atoms with E-state index in [1.165, 1.54) is 12.8 Å². The van der Waals surface area contributed by atoms with Crippen LogP contribution >= 0.6 is 11.6 Å². The van der Waals surface area contributed by atoms with Crippen molar-refractivity contribution in [3.05, 3.63) is 34.9 Å². The van der Waals surface area contributed by atoms with Crippen LogP contribution < -0.4 is 5.32 Å². The van der Waals surface area contributed by atoms with Gasteiger partial charge in [-0.15, -0.1) is 0 Å². The van der Waals surface area contributed by atoms with Gasteiger partial charge in [0.2, 0.25) is 0 Å². The minimum absolute atomic E-state index is 0.127. The van der Waals surface area contributed by atoms with Gasteiger partial charge in [-0.2, -0.15) is 0 Å². The van der Waals surface area contributed by atoms with Crippen LogP contribution in [0.5, 0.6) is 0 Å². The van der Waals surface area contributed by atoms with Gasteiger partial charge in [0.15, 0.2) is 0 Å². The van der Waals surface area contributed by atoms with Crippen molar-refractivity contribution in [1.29, 1.82) is 0 Å². The Morgan fingerprint density at radius 1 is 1.38 bits per heavy atom. The number of nitrogens with one attached hydrogen (secondary N) is 1. The van der Waals surface area contributed by atoms with Crippen molar-refractivity contribution < 1.29 is 5.11 Å². The molecule has 0 aliphatic heterocycles. The molecule has 1 saturated carbocycles. The van der Waals surface area contributed by atoms with E-state index in [0.717, 1.165) is 17.0 Å². The minimum atomic E-state index is -0.300. The van der Waals surface area contributed by atoms with Gasteiger partial charge in [-0.3, -0.25) is 0 Å². The summed E-state index contributed by atoms with van der Waals surface area (Å²) in [4.78, 5) is 0. The van der Waals surface area contributed by atoms with E-state index in [0.29, 0.717) is 6.04 Å². The van der Waals surface area contributed by atoms with Gasteiger partial charge in [0.1, 0.15) is 0 Å². The van der Waals surface area contributed by atoms with Crippen LogP contribution in [0.2, 0.25) is 5.02 Å². The Balaban J connectivity index is 2.25. The number of hydrogen-bond donors (Lipinski definition) is 2. The highest BCUT2D eigenvalue weighted by molar-refractivity contribution is 6.30. The van der Waals surface area contributed by atoms with Crippen LogP contribution in [-0.2, 0) is 5.54 Å². The molecule has 1 atom stereocenters. The second-order valence-electron chi connectivity index (χ2n) is 4.52. The molecule has 0 radical (unpaired) electrons. The molecule has 2 N–H and O–H groups in total. The van der Waals surface area contributed by atoms with Gasteiger partial charge >= 0.3 is 0 Å². The number of hydrogen-bond acceptors (Lipinski definition) is 2. The van der Waals surface area contributed by atoms with Gasteiger partial charge in [-0.05, 0) is 37.0 Å². The Labute approximate surface area is 102 Å². The van der Waals surface area contributed by atoms with Crippen molar-refractivity contribution in [3.8, 4) is 0 Å². The van der Waals surface area contributed by atoms with Gasteiger partial charge in [0, 0.05) is 11.1 Å². The highest BCUT2D eigenvalue weighted by atomic mass is 35.5. The number of halogens is 1. The van der Waals surface area contributed by atoms with E-state index in [1.54, 1.807) is 0 Å². The lowest BCUT2D eigenvalue weighted by molar-refractivity contribution is 0.153. The topological polar surface area (TPSA) is 32.3 Å². The summed E-state index contributed by atoms with van der Waals surface area (Å²) in [5, 5.41) is 14.0. The van der Waals surface area contributed by atoms with Crippen molar-refractivity contribution in [2.75, 3.05) is 6.61 Å². The SMILES string of the molecule is CCC(CO)(NC1CC1)c1ccc(Cl)cc1. The third-order valence-corrected chi connectivity index (χ3v) is 3.58. The highest BCUT2D eigenvalue weighted by Crippen LogP contribution is 2.31. The average Bonchev–Trinajstić information content (AvgIpc) is 3.11. The van der Waals surface area contributed by atoms with Crippen molar-refractivity contribution >= 4 is 11.6 Å². The molecule has 1 aromatic rings. The van der Waals surface area contributed by atoms with Crippen LogP contribution in [-0.4, -0.2) is 17.8 Å². The molecule has 1 aliphatic rings. The number of rotatable bonds is 5. The largest absolute Gasteiger partial charge is 0.394 e. The molecule has 0 amide bonds. The summed E-state index contributed by atoms with van der Waals surface area (Å²) in [5.74, 6) is 0. The maximum atomic E-state index is 9.68. The summed E-state index contributed by atoms with van der Waals surface area (Å²) >= 11 is 5.88. The smallest absolute Gasteiger partial charge is 0.0668 e. The van der Waals surface area contributed by atoms with Crippen LogP contribution in [0.4, 0.5) is 0 Å². The minimum Gasteiger partial charge on any atom is -0.394 e.